The van der Waals surface area contributed by atoms with E-state index in [-0.39, 0.29) is 5.75 Å². The Labute approximate surface area is 90.5 Å². The van der Waals surface area contributed by atoms with Crippen molar-refractivity contribution in [3.63, 3.8) is 0 Å². The van der Waals surface area contributed by atoms with E-state index in [4.69, 9.17) is 0 Å². The summed E-state index contributed by atoms with van der Waals surface area (Å²) in [7, 11) is -1.31. The SMILES string of the molecule is CCCS(=O)(=O)NCc1cn(C)nc1C. The fourth-order valence-corrected chi connectivity index (χ4v) is 2.41. The molecule has 0 aliphatic heterocycles. The first-order valence-corrected chi connectivity index (χ1v) is 6.56. The van der Waals surface area contributed by atoms with E-state index >= 15 is 0 Å². The molecule has 0 radical (unpaired) electrons. The van der Waals surface area contributed by atoms with Gasteiger partial charge in [0.15, 0.2) is 0 Å². The van der Waals surface area contributed by atoms with Gasteiger partial charge in [-0.15, -0.1) is 0 Å². The normalized spacial score (nSPS) is 11.9. The van der Waals surface area contributed by atoms with Gasteiger partial charge in [0.25, 0.3) is 0 Å². The summed E-state index contributed by atoms with van der Waals surface area (Å²) in [6.45, 7) is 4.03. The molecule has 0 atom stereocenters. The van der Waals surface area contributed by atoms with Crippen molar-refractivity contribution in [3.8, 4) is 0 Å². The van der Waals surface area contributed by atoms with Crippen molar-refractivity contribution in [1.29, 1.82) is 0 Å². The minimum atomic E-state index is -3.12. The van der Waals surface area contributed by atoms with Gasteiger partial charge in [0.05, 0.1) is 11.4 Å². The van der Waals surface area contributed by atoms with Gasteiger partial charge in [-0.2, -0.15) is 5.10 Å². The highest BCUT2D eigenvalue weighted by Gasteiger charge is 2.10. The summed E-state index contributed by atoms with van der Waals surface area (Å²) in [6, 6.07) is 0. The number of hydrogen-bond donors (Lipinski definition) is 1. The molecular formula is C9H17N3O2S. The van der Waals surface area contributed by atoms with Gasteiger partial charge in [-0.05, 0) is 13.3 Å². The van der Waals surface area contributed by atoms with E-state index in [0.29, 0.717) is 13.0 Å². The van der Waals surface area contributed by atoms with Crippen molar-refractivity contribution in [2.24, 2.45) is 7.05 Å². The zero-order valence-corrected chi connectivity index (χ0v) is 10.1. The minimum absolute atomic E-state index is 0.173. The molecule has 6 heteroatoms. The smallest absolute Gasteiger partial charge is 0.211 e. The Bertz CT molecular complexity index is 423. The summed E-state index contributed by atoms with van der Waals surface area (Å²) in [5, 5.41) is 4.14. The molecule has 0 bridgehead atoms. The Morgan fingerprint density at radius 2 is 2.20 bits per heavy atom. The summed E-state index contributed by atoms with van der Waals surface area (Å²) in [4.78, 5) is 0. The fourth-order valence-electron chi connectivity index (χ4n) is 1.35. The third-order valence-electron chi connectivity index (χ3n) is 2.07. The van der Waals surface area contributed by atoms with Crippen LogP contribution in [0.15, 0.2) is 6.20 Å². The highest BCUT2D eigenvalue weighted by molar-refractivity contribution is 7.89. The van der Waals surface area contributed by atoms with Crippen molar-refractivity contribution >= 4 is 10.0 Å². The lowest BCUT2D eigenvalue weighted by molar-refractivity contribution is 0.580. The van der Waals surface area contributed by atoms with E-state index in [2.05, 4.69) is 9.82 Å². The second kappa shape index (κ2) is 4.76. The largest absolute Gasteiger partial charge is 0.275 e. The Morgan fingerprint density at radius 1 is 1.53 bits per heavy atom. The van der Waals surface area contributed by atoms with Gasteiger partial charge >= 0.3 is 0 Å². The number of nitrogens with one attached hydrogen (secondary N) is 1. The second-order valence-electron chi connectivity index (χ2n) is 3.55. The lowest BCUT2D eigenvalue weighted by atomic mass is 10.3. The van der Waals surface area contributed by atoms with Crippen LogP contribution in [0.1, 0.15) is 24.6 Å². The standard InChI is InChI=1S/C9H17N3O2S/c1-4-5-15(13,14)10-6-9-7-12(3)11-8(9)2/h7,10H,4-6H2,1-3H3. The number of rotatable bonds is 5. The van der Waals surface area contributed by atoms with Gasteiger partial charge in [-0.25, -0.2) is 13.1 Å². The molecule has 86 valence electrons. The topological polar surface area (TPSA) is 64.0 Å². The maximum Gasteiger partial charge on any atom is 0.211 e. The average molecular weight is 231 g/mol. The van der Waals surface area contributed by atoms with E-state index in [0.717, 1.165) is 11.3 Å². The second-order valence-corrected chi connectivity index (χ2v) is 5.48. The molecule has 0 spiro atoms. The first-order valence-electron chi connectivity index (χ1n) is 4.91. The first-order chi connectivity index (χ1) is 6.94. The van der Waals surface area contributed by atoms with Crippen molar-refractivity contribution in [3.05, 3.63) is 17.5 Å². The molecule has 0 aromatic carbocycles. The van der Waals surface area contributed by atoms with Gasteiger partial charge in [-0.3, -0.25) is 4.68 Å². The van der Waals surface area contributed by atoms with Crippen LogP contribution in [0.3, 0.4) is 0 Å². The van der Waals surface area contributed by atoms with E-state index in [1.165, 1.54) is 0 Å². The Hall–Kier alpha value is -0.880. The predicted octanol–water partition coefficient (Wildman–Crippen LogP) is 0.558. The van der Waals surface area contributed by atoms with E-state index < -0.39 is 10.0 Å². The van der Waals surface area contributed by atoms with Gasteiger partial charge in [-0.1, -0.05) is 6.92 Å². The molecular weight excluding hydrogens is 214 g/mol. The third kappa shape index (κ3) is 3.64. The molecule has 0 fully saturated rings. The van der Waals surface area contributed by atoms with Crippen LogP contribution >= 0.6 is 0 Å². The van der Waals surface area contributed by atoms with Crippen LogP contribution in [0.4, 0.5) is 0 Å². The minimum Gasteiger partial charge on any atom is -0.275 e. The van der Waals surface area contributed by atoms with Crippen molar-refractivity contribution in [2.75, 3.05) is 5.75 Å². The number of nitrogens with zero attached hydrogens (tertiary/aromatic N) is 2. The molecule has 0 saturated carbocycles. The van der Waals surface area contributed by atoms with Gasteiger partial charge in [0.2, 0.25) is 10.0 Å². The highest BCUT2D eigenvalue weighted by Crippen LogP contribution is 2.04. The molecule has 5 nitrogen and oxygen atoms in total. The molecule has 1 N–H and O–H groups in total. The van der Waals surface area contributed by atoms with Gasteiger partial charge in [0, 0.05) is 25.4 Å². The maximum atomic E-state index is 11.4. The molecule has 0 saturated heterocycles. The van der Waals surface area contributed by atoms with Crippen LogP contribution in [0.5, 0.6) is 0 Å². The van der Waals surface area contributed by atoms with Crippen molar-refractivity contribution in [2.45, 2.75) is 26.8 Å². The predicted molar refractivity (Wildman–Crippen MR) is 58.9 cm³/mol. The lowest BCUT2D eigenvalue weighted by Gasteiger charge is -2.03. The fraction of sp³-hybridized carbons (Fsp3) is 0.667. The van der Waals surface area contributed by atoms with Crippen LogP contribution in [0.2, 0.25) is 0 Å². The number of aromatic nitrogens is 2. The molecule has 1 rings (SSSR count). The van der Waals surface area contributed by atoms with E-state index in [1.807, 2.05) is 27.1 Å². The molecule has 0 aliphatic carbocycles. The first kappa shape index (κ1) is 12.2. The lowest BCUT2D eigenvalue weighted by Crippen LogP contribution is -2.25. The Kier molecular flexibility index (Phi) is 3.87. The number of hydrogen-bond acceptors (Lipinski definition) is 3. The van der Waals surface area contributed by atoms with Crippen molar-refractivity contribution < 1.29 is 8.42 Å². The van der Waals surface area contributed by atoms with Crippen LogP contribution in [0, 0.1) is 6.92 Å². The zero-order valence-electron chi connectivity index (χ0n) is 9.32. The van der Waals surface area contributed by atoms with Crippen LogP contribution in [-0.2, 0) is 23.6 Å². The van der Waals surface area contributed by atoms with Gasteiger partial charge < -0.3 is 0 Å². The maximum absolute atomic E-state index is 11.4. The van der Waals surface area contributed by atoms with E-state index in [9.17, 15) is 8.42 Å². The molecule has 15 heavy (non-hydrogen) atoms. The number of aryl methyl sites for hydroxylation is 2. The Balaban J connectivity index is 2.61. The molecule has 1 heterocycles. The quantitative estimate of drug-likeness (QED) is 0.805. The average Bonchev–Trinajstić information content (AvgIpc) is 2.42. The summed E-state index contributed by atoms with van der Waals surface area (Å²) >= 11 is 0. The highest BCUT2D eigenvalue weighted by atomic mass is 32.2. The van der Waals surface area contributed by atoms with Crippen molar-refractivity contribution in [1.82, 2.24) is 14.5 Å². The molecule has 0 aliphatic rings. The molecule has 1 aromatic heterocycles. The molecule has 0 amide bonds. The van der Waals surface area contributed by atoms with Crippen LogP contribution in [-0.4, -0.2) is 24.0 Å². The summed E-state index contributed by atoms with van der Waals surface area (Å²) in [5.74, 6) is 0.173. The zero-order chi connectivity index (χ0) is 11.5. The molecule has 1 aromatic rings. The molecule has 0 unspecified atom stereocenters. The summed E-state index contributed by atoms with van der Waals surface area (Å²) in [5.41, 5.74) is 1.77. The van der Waals surface area contributed by atoms with Crippen LogP contribution < -0.4 is 4.72 Å². The summed E-state index contributed by atoms with van der Waals surface area (Å²) < 4.78 is 27.0. The Morgan fingerprint density at radius 3 is 2.67 bits per heavy atom. The van der Waals surface area contributed by atoms with Crippen LogP contribution in [0.25, 0.3) is 0 Å². The summed E-state index contributed by atoms with van der Waals surface area (Å²) in [6.07, 6.45) is 2.45. The monoisotopic (exact) mass is 231 g/mol. The van der Waals surface area contributed by atoms with Gasteiger partial charge in [0.1, 0.15) is 0 Å². The third-order valence-corrected chi connectivity index (χ3v) is 3.60. The van der Waals surface area contributed by atoms with E-state index in [1.54, 1.807) is 4.68 Å². The number of sulfonamides is 1.